The average Bonchev–Trinajstić information content (AvgIpc) is 2.90. The topological polar surface area (TPSA) is 77.9 Å². The maximum absolute atomic E-state index is 13.1. The minimum Gasteiger partial charge on any atom is -0.313 e. The third-order valence-electron chi connectivity index (χ3n) is 7.06. The van der Waals surface area contributed by atoms with Crippen LogP contribution in [-0.4, -0.2) is 53.8 Å². The first-order chi connectivity index (χ1) is 10.9. The largest absolute Gasteiger partial charge is 0.313 e. The SMILES string of the molecule is CC(C)C[C@@H](C(=O)N1[C@@H]2C[C@H]3CC[C@]2(CS1(=O)=O)C3(C)C)N(C)O. The Kier molecular flexibility index (Phi) is 4.09. The van der Waals surface area contributed by atoms with Gasteiger partial charge in [-0.05, 0) is 42.9 Å². The molecule has 7 heteroatoms. The Balaban J connectivity index is 1.98. The molecule has 1 N–H and O–H groups in total. The molecule has 3 rings (SSSR count). The second-order valence-corrected chi connectivity index (χ2v) is 10.8. The van der Waals surface area contributed by atoms with Crippen molar-refractivity contribution >= 4 is 15.9 Å². The van der Waals surface area contributed by atoms with E-state index < -0.39 is 22.0 Å². The van der Waals surface area contributed by atoms with Gasteiger partial charge in [0.05, 0.1) is 11.8 Å². The summed E-state index contributed by atoms with van der Waals surface area (Å²) in [6.45, 7) is 8.25. The van der Waals surface area contributed by atoms with Crippen molar-refractivity contribution in [3.63, 3.8) is 0 Å². The molecule has 0 aromatic rings. The molecule has 2 aliphatic carbocycles. The van der Waals surface area contributed by atoms with E-state index in [1.54, 1.807) is 0 Å². The van der Waals surface area contributed by atoms with Crippen LogP contribution >= 0.6 is 0 Å². The Labute approximate surface area is 145 Å². The van der Waals surface area contributed by atoms with Crippen LogP contribution in [0, 0.1) is 22.7 Å². The van der Waals surface area contributed by atoms with E-state index in [1.807, 2.05) is 13.8 Å². The van der Waals surface area contributed by atoms with Crippen LogP contribution in [0.5, 0.6) is 0 Å². The van der Waals surface area contributed by atoms with Crippen LogP contribution in [0.15, 0.2) is 0 Å². The van der Waals surface area contributed by atoms with Gasteiger partial charge >= 0.3 is 0 Å². The Hall–Kier alpha value is -0.660. The van der Waals surface area contributed by atoms with Gasteiger partial charge in [0.1, 0.15) is 6.04 Å². The molecule has 0 aromatic carbocycles. The Morgan fingerprint density at radius 2 is 2.00 bits per heavy atom. The minimum atomic E-state index is -3.63. The number of hydrogen-bond donors (Lipinski definition) is 1. The predicted molar refractivity (Wildman–Crippen MR) is 90.8 cm³/mol. The van der Waals surface area contributed by atoms with Gasteiger partial charge in [-0.2, -0.15) is 5.06 Å². The highest BCUT2D eigenvalue weighted by Gasteiger charge is 2.72. The second kappa shape index (κ2) is 5.42. The summed E-state index contributed by atoms with van der Waals surface area (Å²) in [5.74, 6) is 0.274. The smallest absolute Gasteiger partial charge is 0.256 e. The van der Waals surface area contributed by atoms with E-state index in [0.29, 0.717) is 12.3 Å². The molecule has 6 nitrogen and oxygen atoms in total. The lowest BCUT2D eigenvalue weighted by atomic mass is 9.69. The maximum Gasteiger partial charge on any atom is 0.256 e. The number of likely N-dealkylation sites (N-methyl/N-ethyl adjacent to an activating group) is 1. The fraction of sp³-hybridized carbons (Fsp3) is 0.941. The lowest BCUT2D eigenvalue weighted by Crippen LogP contribution is -2.51. The molecule has 0 radical (unpaired) electrons. The molecular formula is C17H30N2O4S. The van der Waals surface area contributed by atoms with Gasteiger partial charge in [-0.25, -0.2) is 12.7 Å². The predicted octanol–water partition coefficient (Wildman–Crippen LogP) is 2.09. The minimum absolute atomic E-state index is 0.0571. The molecule has 1 saturated heterocycles. The van der Waals surface area contributed by atoms with Crippen molar-refractivity contribution in [3.05, 3.63) is 0 Å². The molecule has 0 unspecified atom stereocenters. The Bertz CT molecular complexity index is 643. The highest BCUT2D eigenvalue weighted by molar-refractivity contribution is 7.90. The van der Waals surface area contributed by atoms with Crippen molar-refractivity contribution in [1.29, 1.82) is 0 Å². The summed E-state index contributed by atoms with van der Waals surface area (Å²) < 4.78 is 27.0. The molecule has 4 atom stereocenters. The lowest BCUT2D eigenvalue weighted by molar-refractivity contribution is -0.156. The van der Waals surface area contributed by atoms with Crippen molar-refractivity contribution in [1.82, 2.24) is 9.37 Å². The summed E-state index contributed by atoms with van der Waals surface area (Å²) in [5, 5.41) is 10.8. The monoisotopic (exact) mass is 358 g/mol. The van der Waals surface area contributed by atoms with Gasteiger partial charge in [-0.1, -0.05) is 27.7 Å². The van der Waals surface area contributed by atoms with Gasteiger partial charge in [0, 0.05) is 12.5 Å². The third kappa shape index (κ3) is 2.27. The maximum atomic E-state index is 13.1. The lowest BCUT2D eigenvalue weighted by Gasteiger charge is -2.37. The van der Waals surface area contributed by atoms with E-state index in [-0.39, 0.29) is 28.5 Å². The fourth-order valence-electron chi connectivity index (χ4n) is 5.59. The molecule has 1 amide bonds. The molecule has 1 spiro atoms. The first-order valence-corrected chi connectivity index (χ1v) is 10.5. The normalized spacial score (nSPS) is 37.2. The fourth-order valence-corrected chi connectivity index (χ4v) is 8.16. The van der Waals surface area contributed by atoms with Crippen molar-refractivity contribution in [2.24, 2.45) is 22.7 Å². The zero-order valence-electron chi connectivity index (χ0n) is 15.3. The molecule has 2 bridgehead atoms. The highest BCUT2D eigenvalue weighted by atomic mass is 32.2. The highest BCUT2D eigenvalue weighted by Crippen LogP contribution is 2.70. The number of nitrogens with zero attached hydrogens (tertiary/aromatic N) is 2. The first kappa shape index (κ1) is 18.1. The number of fused-ring (bicyclic) bond motifs is 1. The molecule has 138 valence electrons. The molecule has 1 aliphatic heterocycles. The van der Waals surface area contributed by atoms with Gasteiger partial charge < -0.3 is 5.21 Å². The number of carbonyl (C=O) groups is 1. The van der Waals surface area contributed by atoms with Gasteiger partial charge in [0.2, 0.25) is 10.0 Å². The summed E-state index contributed by atoms with van der Waals surface area (Å²) in [5.41, 5.74) is -0.374. The van der Waals surface area contributed by atoms with Gasteiger partial charge in [0.15, 0.2) is 0 Å². The van der Waals surface area contributed by atoms with Crippen LogP contribution in [0.25, 0.3) is 0 Å². The zero-order chi connectivity index (χ0) is 18.1. The van der Waals surface area contributed by atoms with E-state index in [9.17, 15) is 18.4 Å². The van der Waals surface area contributed by atoms with E-state index in [0.717, 1.165) is 28.6 Å². The van der Waals surface area contributed by atoms with E-state index in [1.165, 1.54) is 7.05 Å². The summed E-state index contributed by atoms with van der Waals surface area (Å²) in [6.07, 6.45) is 3.13. The molecule has 24 heavy (non-hydrogen) atoms. The number of hydrogen-bond acceptors (Lipinski definition) is 5. The molecule has 1 heterocycles. The van der Waals surface area contributed by atoms with Crippen LogP contribution in [0.1, 0.15) is 53.4 Å². The van der Waals surface area contributed by atoms with E-state index in [4.69, 9.17) is 0 Å². The van der Waals surface area contributed by atoms with Crippen LogP contribution in [0.4, 0.5) is 0 Å². The molecule has 3 aliphatic rings. The van der Waals surface area contributed by atoms with Crippen LogP contribution in [0.2, 0.25) is 0 Å². The number of hydroxylamine groups is 2. The van der Waals surface area contributed by atoms with E-state index in [2.05, 4.69) is 13.8 Å². The molecule has 2 saturated carbocycles. The third-order valence-corrected chi connectivity index (χ3v) is 8.97. The van der Waals surface area contributed by atoms with Crippen molar-refractivity contribution in [2.45, 2.75) is 65.5 Å². The van der Waals surface area contributed by atoms with Crippen molar-refractivity contribution in [3.8, 4) is 0 Å². The summed E-state index contributed by atoms with van der Waals surface area (Å²) in [4.78, 5) is 13.1. The summed E-state index contributed by atoms with van der Waals surface area (Å²) in [7, 11) is -2.20. The van der Waals surface area contributed by atoms with Crippen molar-refractivity contribution in [2.75, 3.05) is 12.8 Å². The standard InChI is InChI=1S/C17H30N2O4S/c1-11(2)8-13(18(5)21)15(20)19-14-9-12-6-7-17(14,16(12,3)4)10-24(19,22)23/h11-14,21H,6-10H2,1-5H3/t12-,13+,14-,17-/m1/s1. The zero-order valence-corrected chi connectivity index (χ0v) is 16.1. The van der Waals surface area contributed by atoms with Gasteiger partial charge in [-0.15, -0.1) is 0 Å². The first-order valence-electron chi connectivity index (χ1n) is 8.91. The quantitative estimate of drug-likeness (QED) is 0.779. The Morgan fingerprint density at radius 3 is 2.50 bits per heavy atom. The van der Waals surface area contributed by atoms with Crippen LogP contribution in [-0.2, 0) is 14.8 Å². The number of rotatable bonds is 4. The van der Waals surface area contributed by atoms with Gasteiger partial charge in [-0.3, -0.25) is 4.79 Å². The Morgan fingerprint density at radius 1 is 1.38 bits per heavy atom. The van der Waals surface area contributed by atoms with Crippen LogP contribution in [0.3, 0.4) is 0 Å². The summed E-state index contributed by atoms with van der Waals surface area (Å²) in [6, 6.07) is -1.05. The summed E-state index contributed by atoms with van der Waals surface area (Å²) >= 11 is 0. The van der Waals surface area contributed by atoms with Gasteiger partial charge in [0.25, 0.3) is 5.91 Å². The molecular weight excluding hydrogens is 328 g/mol. The van der Waals surface area contributed by atoms with Crippen molar-refractivity contribution < 1.29 is 18.4 Å². The number of amides is 1. The van der Waals surface area contributed by atoms with Crippen LogP contribution < -0.4 is 0 Å². The molecule has 0 aromatic heterocycles. The number of sulfonamides is 1. The average molecular weight is 359 g/mol. The van der Waals surface area contributed by atoms with E-state index >= 15 is 0 Å². The molecule has 3 fully saturated rings. The number of carbonyl (C=O) groups excluding carboxylic acids is 1. The second-order valence-electron chi connectivity index (χ2n) is 8.97.